The van der Waals surface area contributed by atoms with E-state index >= 15 is 0 Å². The summed E-state index contributed by atoms with van der Waals surface area (Å²) >= 11 is 1.31. The monoisotopic (exact) mass is 263 g/mol. The van der Waals surface area contributed by atoms with E-state index in [1.54, 1.807) is 6.20 Å². The Morgan fingerprint density at radius 2 is 2.17 bits per heavy atom. The quantitative estimate of drug-likeness (QED) is 0.299. The molecule has 3 aromatic rings. The molecular weight excluding hydrogens is 254 g/mol. The summed E-state index contributed by atoms with van der Waals surface area (Å²) in [4.78, 5) is 12.6. The van der Waals surface area contributed by atoms with E-state index in [9.17, 15) is 0 Å². The van der Waals surface area contributed by atoms with E-state index in [-0.39, 0.29) is 0 Å². The number of anilines is 1. The molecule has 0 saturated carbocycles. The maximum absolute atomic E-state index is 5.32. The summed E-state index contributed by atoms with van der Waals surface area (Å²) in [5.74, 6) is 6.37. The number of rotatable bonds is 3. The van der Waals surface area contributed by atoms with E-state index in [2.05, 4.69) is 40.8 Å². The van der Waals surface area contributed by atoms with Crippen LogP contribution in [0.2, 0.25) is 0 Å². The van der Waals surface area contributed by atoms with Gasteiger partial charge in [0.1, 0.15) is 10.9 Å². The van der Waals surface area contributed by atoms with Gasteiger partial charge in [0.25, 0.3) is 0 Å². The lowest BCUT2D eigenvalue weighted by atomic mass is 10.4. The number of nitrogens with one attached hydrogen (secondary N) is 3. The minimum atomic E-state index is 0.307. The highest BCUT2D eigenvalue weighted by Crippen LogP contribution is 2.29. The Balaban J connectivity index is 2.06. The molecule has 0 aromatic carbocycles. The van der Waals surface area contributed by atoms with Crippen LogP contribution in [0.1, 0.15) is 5.82 Å². The van der Waals surface area contributed by atoms with Gasteiger partial charge in [0.15, 0.2) is 5.65 Å². The lowest BCUT2D eigenvalue weighted by Crippen LogP contribution is -2.10. The molecule has 3 rings (SSSR count). The number of nitrogens with two attached hydrogens (primary N) is 1. The number of hydrogen-bond donors (Lipinski definition) is 4. The van der Waals surface area contributed by atoms with E-state index in [4.69, 9.17) is 5.84 Å². The third-order valence-electron chi connectivity index (χ3n) is 2.17. The van der Waals surface area contributed by atoms with Crippen LogP contribution in [-0.4, -0.2) is 35.3 Å². The molecule has 0 aliphatic heterocycles. The van der Waals surface area contributed by atoms with Crippen LogP contribution in [0.5, 0.6) is 0 Å². The van der Waals surface area contributed by atoms with Crippen LogP contribution in [0.25, 0.3) is 11.0 Å². The molecule has 0 spiro atoms. The third-order valence-corrected chi connectivity index (χ3v) is 3.04. The summed E-state index contributed by atoms with van der Waals surface area (Å²) < 4.78 is 0. The Hall–Kier alpha value is -2.20. The molecule has 0 amide bonds. The smallest absolute Gasteiger partial charge is 0.240 e. The van der Waals surface area contributed by atoms with E-state index in [0.717, 1.165) is 11.2 Å². The Kier molecular flexibility index (Phi) is 2.57. The summed E-state index contributed by atoms with van der Waals surface area (Å²) in [5, 5.41) is 15.6. The first-order valence-corrected chi connectivity index (χ1v) is 5.82. The van der Waals surface area contributed by atoms with Crippen LogP contribution in [0.4, 0.5) is 5.95 Å². The van der Waals surface area contributed by atoms with Crippen LogP contribution >= 0.6 is 11.8 Å². The van der Waals surface area contributed by atoms with Gasteiger partial charge in [0, 0.05) is 0 Å². The van der Waals surface area contributed by atoms with Gasteiger partial charge in [-0.2, -0.15) is 10.1 Å². The molecule has 0 unspecified atom stereocenters. The predicted octanol–water partition coefficient (Wildman–Crippen LogP) is 0.216. The molecule has 0 aliphatic rings. The van der Waals surface area contributed by atoms with Gasteiger partial charge in [0.05, 0.1) is 11.6 Å². The van der Waals surface area contributed by atoms with Crippen LogP contribution in [0.15, 0.2) is 16.4 Å². The Morgan fingerprint density at radius 1 is 1.28 bits per heavy atom. The molecule has 0 saturated heterocycles. The molecule has 0 fully saturated rings. The zero-order valence-corrected chi connectivity index (χ0v) is 10.1. The highest BCUT2D eigenvalue weighted by atomic mass is 32.2. The van der Waals surface area contributed by atoms with Crippen molar-refractivity contribution in [3.63, 3.8) is 0 Å². The fraction of sp³-hybridized carbons (Fsp3) is 0.125. The fourth-order valence-corrected chi connectivity index (χ4v) is 2.24. The minimum Gasteiger partial charge on any atom is -0.292 e. The van der Waals surface area contributed by atoms with Crippen LogP contribution < -0.4 is 11.3 Å². The average Bonchev–Trinajstić information content (AvgIpc) is 2.98. The molecule has 9 nitrogen and oxygen atoms in total. The van der Waals surface area contributed by atoms with Crippen molar-refractivity contribution in [3.8, 4) is 0 Å². The first-order chi connectivity index (χ1) is 8.76. The second kappa shape index (κ2) is 4.23. The largest absolute Gasteiger partial charge is 0.292 e. The second-order valence-corrected chi connectivity index (χ2v) is 4.39. The number of aromatic nitrogens is 7. The number of aromatic amines is 2. The highest BCUT2D eigenvalue weighted by molar-refractivity contribution is 7.99. The first-order valence-electron chi connectivity index (χ1n) is 5.01. The summed E-state index contributed by atoms with van der Waals surface area (Å²) in [6.07, 6.45) is 1.65. The van der Waals surface area contributed by atoms with Gasteiger partial charge in [-0.05, 0) is 18.7 Å². The van der Waals surface area contributed by atoms with Crippen molar-refractivity contribution in [3.05, 3.63) is 12.0 Å². The standard InChI is InChI=1S/C8H9N9S/c1-3-11-8(17-15-3)18-6-4-2-10-16-5(4)12-7(13-6)14-9/h2H,9H2,1H3,(H,11,15,17)(H2,10,12,13,14,16). The predicted molar refractivity (Wildman–Crippen MR) is 64.7 cm³/mol. The molecular formula is C8H9N9S. The Bertz CT molecular complexity index is 687. The first kappa shape index (κ1) is 10.9. The summed E-state index contributed by atoms with van der Waals surface area (Å²) in [7, 11) is 0. The Labute approximate surface area is 105 Å². The number of hydrazine groups is 1. The van der Waals surface area contributed by atoms with Gasteiger partial charge >= 0.3 is 0 Å². The molecule has 3 aromatic heterocycles. The highest BCUT2D eigenvalue weighted by Gasteiger charge is 2.12. The molecule has 0 bridgehead atoms. The van der Waals surface area contributed by atoms with Crippen molar-refractivity contribution < 1.29 is 0 Å². The molecule has 18 heavy (non-hydrogen) atoms. The van der Waals surface area contributed by atoms with E-state index < -0.39 is 0 Å². The van der Waals surface area contributed by atoms with E-state index in [0.29, 0.717) is 21.8 Å². The van der Waals surface area contributed by atoms with Crippen molar-refractivity contribution >= 4 is 28.7 Å². The molecule has 10 heteroatoms. The van der Waals surface area contributed by atoms with Gasteiger partial charge in [-0.25, -0.2) is 15.8 Å². The average molecular weight is 263 g/mol. The van der Waals surface area contributed by atoms with Gasteiger partial charge in [0.2, 0.25) is 11.1 Å². The van der Waals surface area contributed by atoms with Crippen LogP contribution in [0.3, 0.4) is 0 Å². The van der Waals surface area contributed by atoms with Crippen LogP contribution in [-0.2, 0) is 0 Å². The summed E-state index contributed by atoms with van der Waals surface area (Å²) in [6.45, 7) is 1.83. The lowest BCUT2D eigenvalue weighted by Gasteiger charge is -2.01. The third kappa shape index (κ3) is 1.87. The topological polar surface area (TPSA) is 134 Å². The maximum Gasteiger partial charge on any atom is 0.240 e. The van der Waals surface area contributed by atoms with Gasteiger partial charge in [-0.3, -0.25) is 15.6 Å². The van der Waals surface area contributed by atoms with Gasteiger partial charge < -0.3 is 0 Å². The number of nitrogens with zero attached hydrogens (tertiary/aromatic N) is 5. The molecule has 3 heterocycles. The number of aryl methyl sites for hydroxylation is 1. The van der Waals surface area contributed by atoms with E-state index in [1.165, 1.54) is 11.8 Å². The molecule has 0 aliphatic carbocycles. The van der Waals surface area contributed by atoms with E-state index in [1.807, 2.05) is 6.92 Å². The number of H-pyrrole nitrogens is 2. The maximum atomic E-state index is 5.32. The summed E-state index contributed by atoms with van der Waals surface area (Å²) in [5.41, 5.74) is 3.01. The molecule has 0 atom stereocenters. The van der Waals surface area contributed by atoms with Gasteiger partial charge in [-0.1, -0.05) is 0 Å². The molecule has 92 valence electrons. The zero-order chi connectivity index (χ0) is 12.5. The fourth-order valence-electron chi connectivity index (χ4n) is 1.41. The van der Waals surface area contributed by atoms with Crippen LogP contribution in [0, 0.1) is 6.92 Å². The van der Waals surface area contributed by atoms with Crippen molar-refractivity contribution in [2.24, 2.45) is 5.84 Å². The van der Waals surface area contributed by atoms with Crippen molar-refractivity contribution in [2.75, 3.05) is 5.43 Å². The normalized spacial score (nSPS) is 11.0. The Morgan fingerprint density at radius 3 is 2.89 bits per heavy atom. The summed E-state index contributed by atoms with van der Waals surface area (Å²) in [6, 6.07) is 0. The lowest BCUT2D eigenvalue weighted by molar-refractivity contribution is 0.964. The number of fused-ring (bicyclic) bond motifs is 1. The number of hydrogen-bond acceptors (Lipinski definition) is 8. The molecule has 5 N–H and O–H groups in total. The van der Waals surface area contributed by atoms with Crippen molar-refractivity contribution in [1.29, 1.82) is 0 Å². The van der Waals surface area contributed by atoms with Crippen molar-refractivity contribution in [1.82, 2.24) is 35.3 Å². The van der Waals surface area contributed by atoms with Gasteiger partial charge in [-0.15, -0.1) is 5.10 Å². The SMILES string of the molecule is Cc1nc(Sc2nc(NN)nc3[nH]ncc23)n[nH]1. The molecule has 0 radical (unpaired) electrons. The zero-order valence-electron chi connectivity index (χ0n) is 9.30. The van der Waals surface area contributed by atoms with Crippen molar-refractivity contribution in [2.45, 2.75) is 17.1 Å². The second-order valence-electron chi connectivity index (χ2n) is 3.43. The number of nitrogen functional groups attached to an aromatic ring is 1. The minimum absolute atomic E-state index is 0.307.